The molecule has 4 rings (SSSR count). The second kappa shape index (κ2) is 10.7. The average molecular weight is 619 g/mol. The summed E-state index contributed by atoms with van der Waals surface area (Å²) in [4.78, 5) is 25.0. The highest BCUT2D eigenvalue weighted by Gasteiger charge is 2.12. The molecule has 0 heterocycles. The Morgan fingerprint density at radius 2 is 0.912 bits per heavy atom. The molecule has 0 bridgehead atoms. The molecule has 0 aliphatic carbocycles. The van der Waals surface area contributed by atoms with Gasteiger partial charge in [-0.15, -0.1) is 0 Å². The number of nitrogens with one attached hydrogen (secondary N) is 2. The van der Waals surface area contributed by atoms with E-state index in [-0.39, 0.29) is 11.8 Å². The first-order chi connectivity index (χ1) is 16.3. The van der Waals surface area contributed by atoms with Crippen molar-refractivity contribution in [3.05, 3.63) is 115 Å². The maximum atomic E-state index is 12.5. The van der Waals surface area contributed by atoms with Crippen molar-refractivity contribution >= 4 is 78.3 Å². The third-order valence-electron chi connectivity index (χ3n) is 4.98. The van der Waals surface area contributed by atoms with Gasteiger partial charge in [0.25, 0.3) is 11.8 Å². The number of carbonyl (C=O) groups is 2. The van der Waals surface area contributed by atoms with Crippen molar-refractivity contribution in [2.45, 2.75) is 0 Å². The molecule has 34 heavy (non-hydrogen) atoms. The summed E-state index contributed by atoms with van der Waals surface area (Å²) < 4.78 is 1.79. The maximum absolute atomic E-state index is 12.5. The van der Waals surface area contributed by atoms with Crippen molar-refractivity contribution in [2.75, 3.05) is 10.6 Å². The van der Waals surface area contributed by atoms with Crippen LogP contribution in [0.1, 0.15) is 20.7 Å². The van der Waals surface area contributed by atoms with Crippen LogP contribution in [0.2, 0.25) is 10.0 Å². The fourth-order valence-corrected chi connectivity index (χ4v) is 4.17. The summed E-state index contributed by atoms with van der Waals surface area (Å²) in [5.74, 6) is -0.507. The molecule has 0 saturated carbocycles. The van der Waals surface area contributed by atoms with E-state index in [2.05, 4.69) is 42.5 Å². The number of hydrogen-bond acceptors (Lipinski definition) is 2. The first-order valence-corrected chi connectivity index (χ1v) is 12.4. The van der Waals surface area contributed by atoms with Crippen LogP contribution in [0, 0.1) is 0 Å². The number of halogens is 4. The molecule has 0 radical (unpaired) electrons. The van der Waals surface area contributed by atoms with Crippen molar-refractivity contribution in [3.63, 3.8) is 0 Å². The van der Waals surface area contributed by atoms with Crippen molar-refractivity contribution in [2.24, 2.45) is 0 Å². The molecule has 2 N–H and O–H groups in total. The van der Waals surface area contributed by atoms with Gasteiger partial charge in [-0.2, -0.15) is 0 Å². The minimum Gasteiger partial charge on any atom is -0.321 e. The third kappa shape index (κ3) is 5.88. The lowest BCUT2D eigenvalue weighted by Crippen LogP contribution is -2.12. The second-order valence-electron chi connectivity index (χ2n) is 7.31. The molecular weight excluding hydrogens is 603 g/mol. The standard InChI is InChI=1S/C26H16Br2Cl2N2O2/c27-19-7-1-15(2-8-19)25(33)31-23-11-5-17(13-21(23)29)18-6-12-24(22(30)14-18)32-26(34)16-3-9-20(28)10-4-16/h1-14H,(H,31,33)(H,32,34). The predicted molar refractivity (Wildman–Crippen MR) is 146 cm³/mol. The molecule has 4 nitrogen and oxygen atoms in total. The quantitative estimate of drug-likeness (QED) is 0.235. The fraction of sp³-hybridized carbons (Fsp3) is 0. The van der Waals surface area contributed by atoms with E-state index in [4.69, 9.17) is 23.2 Å². The Hall–Kier alpha value is -2.64. The molecule has 0 aromatic heterocycles. The molecule has 8 heteroatoms. The molecule has 4 aromatic carbocycles. The van der Waals surface area contributed by atoms with Crippen LogP contribution in [0.5, 0.6) is 0 Å². The zero-order valence-corrected chi connectivity index (χ0v) is 22.1. The summed E-state index contributed by atoms with van der Waals surface area (Å²) in [6.45, 7) is 0. The van der Waals surface area contributed by atoms with Crippen molar-refractivity contribution in [1.29, 1.82) is 0 Å². The van der Waals surface area contributed by atoms with E-state index < -0.39 is 0 Å². The van der Waals surface area contributed by atoms with E-state index in [0.717, 1.165) is 20.1 Å². The van der Waals surface area contributed by atoms with Gasteiger partial charge in [-0.1, -0.05) is 67.2 Å². The predicted octanol–water partition coefficient (Wildman–Crippen LogP) is 8.69. The van der Waals surface area contributed by atoms with Crippen LogP contribution in [-0.4, -0.2) is 11.8 Å². The molecule has 0 atom stereocenters. The van der Waals surface area contributed by atoms with Crippen molar-refractivity contribution < 1.29 is 9.59 Å². The van der Waals surface area contributed by atoms with Gasteiger partial charge in [0.1, 0.15) is 0 Å². The number of anilines is 2. The monoisotopic (exact) mass is 616 g/mol. The highest BCUT2D eigenvalue weighted by molar-refractivity contribution is 9.10. The number of amides is 2. The molecule has 0 aliphatic heterocycles. The minimum absolute atomic E-state index is 0.254. The van der Waals surface area contributed by atoms with E-state index in [1.807, 2.05) is 12.1 Å². The third-order valence-corrected chi connectivity index (χ3v) is 6.66. The Kier molecular flexibility index (Phi) is 7.73. The van der Waals surface area contributed by atoms with E-state index in [1.165, 1.54) is 0 Å². The summed E-state index contributed by atoms with van der Waals surface area (Å²) in [6.07, 6.45) is 0. The molecule has 0 fully saturated rings. The molecule has 0 saturated heterocycles. The molecule has 170 valence electrons. The molecule has 0 aliphatic rings. The van der Waals surface area contributed by atoms with Gasteiger partial charge in [0, 0.05) is 20.1 Å². The van der Waals surface area contributed by atoms with Gasteiger partial charge in [-0.3, -0.25) is 9.59 Å². The first kappa shape index (κ1) is 24.5. The van der Waals surface area contributed by atoms with Crippen molar-refractivity contribution in [1.82, 2.24) is 0 Å². The second-order valence-corrected chi connectivity index (χ2v) is 9.96. The number of carbonyl (C=O) groups excluding carboxylic acids is 2. The van der Waals surface area contributed by atoms with Gasteiger partial charge in [-0.05, 0) is 83.9 Å². The Morgan fingerprint density at radius 3 is 1.24 bits per heavy atom. The smallest absolute Gasteiger partial charge is 0.255 e. The molecule has 4 aromatic rings. The van der Waals surface area contributed by atoms with E-state index in [0.29, 0.717) is 32.5 Å². The highest BCUT2D eigenvalue weighted by Crippen LogP contribution is 2.33. The molecule has 0 spiro atoms. The Morgan fingerprint density at radius 1 is 0.559 bits per heavy atom. The molecule has 2 amide bonds. The van der Waals surface area contributed by atoms with Gasteiger partial charge in [0.05, 0.1) is 21.4 Å². The summed E-state index contributed by atoms with van der Waals surface area (Å²) in [6, 6.07) is 24.8. The van der Waals surface area contributed by atoms with Crippen LogP contribution >= 0.6 is 55.1 Å². The lowest BCUT2D eigenvalue weighted by atomic mass is 10.0. The number of benzene rings is 4. The van der Waals surface area contributed by atoms with Crippen molar-refractivity contribution in [3.8, 4) is 11.1 Å². The van der Waals surface area contributed by atoms with E-state index in [1.54, 1.807) is 72.8 Å². The Bertz CT molecular complexity index is 1270. The average Bonchev–Trinajstić information content (AvgIpc) is 2.82. The van der Waals surface area contributed by atoms with Gasteiger partial charge < -0.3 is 10.6 Å². The number of hydrogen-bond donors (Lipinski definition) is 2. The summed E-state index contributed by atoms with van der Waals surface area (Å²) in [5, 5.41) is 6.44. The zero-order chi connectivity index (χ0) is 24.2. The van der Waals surface area contributed by atoms with E-state index >= 15 is 0 Å². The Labute approximate surface area is 223 Å². The maximum Gasteiger partial charge on any atom is 0.255 e. The van der Waals surface area contributed by atoms with Gasteiger partial charge in [0.2, 0.25) is 0 Å². The first-order valence-electron chi connectivity index (χ1n) is 10.0. The van der Waals surface area contributed by atoms with Crippen LogP contribution in [0.15, 0.2) is 93.9 Å². The van der Waals surface area contributed by atoms with Crippen LogP contribution in [-0.2, 0) is 0 Å². The summed E-state index contributed by atoms with van der Waals surface area (Å²) >= 11 is 19.6. The SMILES string of the molecule is O=C(Nc1ccc(-c2ccc(NC(=O)c3ccc(Br)cc3)c(Cl)c2)cc1Cl)c1ccc(Br)cc1. The van der Waals surface area contributed by atoms with Crippen LogP contribution in [0.4, 0.5) is 11.4 Å². The van der Waals surface area contributed by atoms with Gasteiger partial charge >= 0.3 is 0 Å². The van der Waals surface area contributed by atoms with Crippen LogP contribution < -0.4 is 10.6 Å². The largest absolute Gasteiger partial charge is 0.321 e. The Balaban J connectivity index is 1.48. The van der Waals surface area contributed by atoms with E-state index in [9.17, 15) is 9.59 Å². The lowest BCUT2D eigenvalue weighted by Gasteiger charge is -2.12. The zero-order valence-electron chi connectivity index (χ0n) is 17.4. The van der Waals surface area contributed by atoms with Crippen LogP contribution in [0.3, 0.4) is 0 Å². The molecular formula is C26H16Br2Cl2N2O2. The lowest BCUT2D eigenvalue weighted by molar-refractivity contribution is 0.101. The summed E-state index contributed by atoms with van der Waals surface area (Å²) in [7, 11) is 0. The minimum atomic E-state index is -0.254. The molecule has 0 unspecified atom stereocenters. The van der Waals surface area contributed by atoms with Crippen LogP contribution in [0.25, 0.3) is 11.1 Å². The highest BCUT2D eigenvalue weighted by atomic mass is 79.9. The number of rotatable bonds is 5. The normalized spacial score (nSPS) is 10.6. The fourth-order valence-electron chi connectivity index (χ4n) is 3.18. The van der Waals surface area contributed by atoms with Gasteiger partial charge in [0.15, 0.2) is 0 Å². The topological polar surface area (TPSA) is 58.2 Å². The van der Waals surface area contributed by atoms with Gasteiger partial charge in [-0.25, -0.2) is 0 Å². The summed E-state index contributed by atoms with van der Waals surface area (Å²) in [5.41, 5.74) is 3.69.